The Morgan fingerprint density at radius 3 is 3.06 bits per heavy atom. The summed E-state index contributed by atoms with van der Waals surface area (Å²) in [6.07, 6.45) is 5.98. The predicted molar refractivity (Wildman–Crippen MR) is 69.2 cm³/mol. The van der Waals surface area contributed by atoms with Crippen molar-refractivity contribution in [2.24, 2.45) is 11.3 Å². The quantitative estimate of drug-likeness (QED) is 0.755. The monoisotopic (exact) mass is 248 g/mol. The van der Waals surface area contributed by atoms with E-state index in [1.165, 1.54) is 0 Å². The van der Waals surface area contributed by atoms with Crippen molar-refractivity contribution in [2.45, 2.75) is 32.6 Å². The van der Waals surface area contributed by atoms with Gasteiger partial charge in [0.1, 0.15) is 5.82 Å². The van der Waals surface area contributed by atoms with Crippen LogP contribution in [0.1, 0.15) is 31.7 Å². The van der Waals surface area contributed by atoms with E-state index in [0.717, 1.165) is 50.2 Å². The maximum absolute atomic E-state index is 12.2. The Labute approximate surface area is 107 Å². The highest BCUT2D eigenvalue weighted by molar-refractivity contribution is 5.94. The third kappa shape index (κ3) is 1.92. The third-order valence-electron chi connectivity index (χ3n) is 4.45. The summed E-state index contributed by atoms with van der Waals surface area (Å²) in [6.45, 7) is 4.16. The minimum atomic E-state index is 0.163. The van der Waals surface area contributed by atoms with Crippen LogP contribution < -0.4 is 10.6 Å². The van der Waals surface area contributed by atoms with Gasteiger partial charge in [-0.25, -0.2) is 0 Å². The lowest BCUT2D eigenvalue weighted by atomic mass is 9.92. The first-order valence-corrected chi connectivity index (χ1v) is 6.79. The fourth-order valence-corrected chi connectivity index (χ4v) is 3.09. The van der Waals surface area contributed by atoms with Crippen LogP contribution >= 0.6 is 0 Å². The van der Waals surface area contributed by atoms with Gasteiger partial charge in [0.15, 0.2) is 0 Å². The van der Waals surface area contributed by atoms with Crippen molar-refractivity contribution in [3.63, 3.8) is 0 Å². The molecule has 1 unspecified atom stereocenters. The van der Waals surface area contributed by atoms with Crippen LogP contribution in [0.5, 0.6) is 0 Å². The number of hydrogen-bond acceptors (Lipinski definition) is 3. The molecule has 0 radical (unpaired) electrons. The Morgan fingerprint density at radius 1 is 1.56 bits per heavy atom. The van der Waals surface area contributed by atoms with Gasteiger partial charge in [-0.3, -0.25) is 9.89 Å². The van der Waals surface area contributed by atoms with Gasteiger partial charge in [-0.05, 0) is 44.2 Å². The van der Waals surface area contributed by atoms with E-state index in [-0.39, 0.29) is 11.8 Å². The minimum absolute atomic E-state index is 0.163. The summed E-state index contributed by atoms with van der Waals surface area (Å²) in [4.78, 5) is 12.2. The van der Waals surface area contributed by atoms with Crippen LogP contribution in [0.2, 0.25) is 0 Å². The molecule has 1 aromatic heterocycles. The standard InChI is InChI=1S/C13H20N4O/c1-2-9-8-15-17-11(9)16-12(18)10-7-13(10)3-5-14-6-4-13/h8,10,14H,2-7H2,1H3,(H2,15,16,17,18). The zero-order chi connectivity index (χ0) is 12.6. The second kappa shape index (κ2) is 4.39. The number of anilines is 1. The fraction of sp³-hybridized carbons (Fsp3) is 0.692. The average Bonchev–Trinajstić information content (AvgIpc) is 2.89. The number of carbonyl (C=O) groups is 1. The van der Waals surface area contributed by atoms with E-state index >= 15 is 0 Å². The first-order valence-electron chi connectivity index (χ1n) is 6.79. The van der Waals surface area contributed by atoms with Gasteiger partial charge < -0.3 is 10.6 Å². The number of H-pyrrole nitrogens is 1. The molecule has 0 bridgehead atoms. The van der Waals surface area contributed by atoms with E-state index in [9.17, 15) is 4.79 Å². The van der Waals surface area contributed by atoms with Crippen molar-refractivity contribution >= 4 is 11.7 Å². The molecular weight excluding hydrogens is 228 g/mol. The molecule has 1 aromatic rings. The van der Waals surface area contributed by atoms with Gasteiger partial charge in [0, 0.05) is 11.5 Å². The van der Waals surface area contributed by atoms with Gasteiger partial charge in [0.05, 0.1) is 6.20 Å². The van der Waals surface area contributed by atoms with Gasteiger partial charge in [-0.2, -0.15) is 5.10 Å². The Balaban J connectivity index is 1.63. The van der Waals surface area contributed by atoms with Gasteiger partial charge in [-0.15, -0.1) is 0 Å². The lowest BCUT2D eigenvalue weighted by Gasteiger charge is -2.23. The van der Waals surface area contributed by atoms with E-state index in [1.54, 1.807) is 6.20 Å². The zero-order valence-corrected chi connectivity index (χ0v) is 10.8. The number of hydrogen-bond donors (Lipinski definition) is 3. The van der Waals surface area contributed by atoms with Crippen LogP contribution in [0.15, 0.2) is 6.20 Å². The smallest absolute Gasteiger partial charge is 0.229 e. The van der Waals surface area contributed by atoms with Crippen molar-refractivity contribution in [3.05, 3.63) is 11.8 Å². The van der Waals surface area contributed by atoms with E-state index in [1.807, 2.05) is 0 Å². The Morgan fingerprint density at radius 2 is 2.33 bits per heavy atom. The SMILES string of the molecule is CCc1cn[nH]c1NC(=O)C1CC12CCNCC2. The molecule has 0 aromatic carbocycles. The molecule has 1 saturated heterocycles. The number of aromatic amines is 1. The van der Waals surface area contributed by atoms with Crippen molar-refractivity contribution in [1.82, 2.24) is 15.5 Å². The average molecular weight is 248 g/mol. The van der Waals surface area contributed by atoms with E-state index in [4.69, 9.17) is 0 Å². The lowest BCUT2D eigenvalue weighted by molar-refractivity contribution is -0.118. The maximum atomic E-state index is 12.2. The highest BCUT2D eigenvalue weighted by Crippen LogP contribution is 2.58. The Bertz CT molecular complexity index is 448. The second-order valence-corrected chi connectivity index (χ2v) is 5.48. The lowest BCUT2D eigenvalue weighted by Crippen LogP contribution is -2.31. The topological polar surface area (TPSA) is 69.8 Å². The van der Waals surface area contributed by atoms with Crippen molar-refractivity contribution in [2.75, 3.05) is 18.4 Å². The molecule has 5 heteroatoms. The number of amides is 1. The van der Waals surface area contributed by atoms with Gasteiger partial charge >= 0.3 is 0 Å². The van der Waals surface area contributed by atoms with Crippen LogP contribution in [0, 0.1) is 11.3 Å². The summed E-state index contributed by atoms with van der Waals surface area (Å²) in [5, 5.41) is 13.2. The third-order valence-corrected chi connectivity index (χ3v) is 4.45. The second-order valence-electron chi connectivity index (χ2n) is 5.48. The number of aromatic nitrogens is 2. The van der Waals surface area contributed by atoms with Gasteiger partial charge in [0.25, 0.3) is 0 Å². The first kappa shape index (κ1) is 11.7. The Hall–Kier alpha value is -1.36. The summed E-state index contributed by atoms with van der Waals surface area (Å²) in [5.74, 6) is 1.14. The molecule has 1 saturated carbocycles. The molecule has 1 aliphatic carbocycles. The van der Waals surface area contributed by atoms with Gasteiger partial charge in [0.2, 0.25) is 5.91 Å². The van der Waals surface area contributed by atoms with Crippen molar-refractivity contribution in [1.29, 1.82) is 0 Å². The molecule has 2 fully saturated rings. The zero-order valence-electron chi connectivity index (χ0n) is 10.8. The number of piperidine rings is 1. The molecule has 3 rings (SSSR count). The van der Waals surface area contributed by atoms with Crippen molar-refractivity contribution in [3.8, 4) is 0 Å². The molecule has 98 valence electrons. The number of nitrogens with zero attached hydrogens (tertiary/aromatic N) is 1. The molecule has 1 amide bonds. The molecular formula is C13H20N4O. The van der Waals surface area contributed by atoms with Crippen LogP contribution in [0.25, 0.3) is 0 Å². The van der Waals surface area contributed by atoms with E-state index in [2.05, 4.69) is 27.8 Å². The molecule has 1 atom stereocenters. The molecule has 3 N–H and O–H groups in total. The van der Waals surface area contributed by atoms with Crippen LogP contribution in [0.3, 0.4) is 0 Å². The first-order chi connectivity index (χ1) is 8.75. The fourth-order valence-electron chi connectivity index (χ4n) is 3.09. The highest BCUT2D eigenvalue weighted by atomic mass is 16.2. The molecule has 1 spiro atoms. The largest absolute Gasteiger partial charge is 0.317 e. The molecule has 18 heavy (non-hydrogen) atoms. The van der Waals surface area contributed by atoms with E-state index in [0.29, 0.717) is 5.41 Å². The summed E-state index contributed by atoms with van der Waals surface area (Å²) < 4.78 is 0. The Kier molecular flexibility index (Phi) is 2.86. The van der Waals surface area contributed by atoms with Crippen LogP contribution in [-0.4, -0.2) is 29.2 Å². The predicted octanol–water partition coefficient (Wildman–Crippen LogP) is 1.30. The van der Waals surface area contributed by atoms with Gasteiger partial charge in [-0.1, -0.05) is 6.92 Å². The van der Waals surface area contributed by atoms with Crippen LogP contribution in [0.4, 0.5) is 5.82 Å². The van der Waals surface area contributed by atoms with E-state index < -0.39 is 0 Å². The number of nitrogens with one attached hydrogen (secondary N) is 3. The number of carbonyl (C=O) groups excluding carboxylic acids is 1. The number of rotatable bonds is 3. The summed E-state index contributed by atoms with van der Waals surface area (Å²) in [6, 6.07) is 0. The molecule has 5 nitrogen and oxygen atoms in total. The molecule has 2 heterocycles. The minimum Gasteiger partial charge on any atom is -0.317 e. The van der Waals surface area contributed by atoms with Crippen LogP contribution in [-0.2, 0) is 11.2 Å². The molecule has 2 aliphatic rings. The highest BCUT2D eigenvalue weighted by Gasteiger charge is 2.57. The summed E-state index contributed by atoms with van der Waals surface area (Å²) in [5.41, 5.74) is 1.37. The maximum Gasteiger partial charge on any atom is 0.229 e. The number of aryl methyl sites for hydroxylation is 1. The summed E-state index contributed by atoms with van der Waals surface area (Å²) >= 11 is 0. The van der Waals surface area contributed by atoms with Crippen molar-refractivity contribution < 1.29 is 4.79 Å². The normalized spacial score (nSPS) is 25.1. The summed E-state index contributed by atoms with van der Waals surface area (Å²) in [7, 11) is 0. The molecule has 1 aliphatic heterocycles.